The molecule has 0 saturated carbocycles. The van der Waals surface area contributed by atoms with E-state index in [0.717, 1.165) is 32.8 Å². The highest BCUT2D eigenvalue weighted by molar-refractivity contribution is 4.95. The summed E-state index contributed by atoms with van der Waals surface area (Å²) >= 11 is 0. The Morgan fingerprint density at radius 2 is 1.83 bits per heavy atom. The molecule has 4 nitrogen and oxygen atoms in total. The molecule has 2 aliphatic rings. The number of hydrogen-bond donors (Lipinski definition) is 1. The molecule has 0 radical (unpaired) electrons. The Bertz CT molecular complexity index is 262. The lowest BCUT2D eigenvalue weighted by atomic mass is 10.1. The Morgan fingerprint density at radius 1 is 1.17 bits per heavy atom. The standard InChI is InChI=1S/C14H27N3O/c1-13(2)3-6-16-7-4-14(5-8-16)15-17-9-11-18-12-10-17/h3,14-15H,4-12H2,1-2H3. The van der Waals surface area contributed by atoms with Crippen LogP contribution in [-0.4, -0.2) is 61.9 Å². The lowest BCUT2D eigenvalue weighted by Crippen LogP contribution is -2.53. The third-order valence-electron chi connectivity index (χ3n) is 3.72. The number of hydrazine groups is 1. The van der Waals surface area contributed by atoms with Gasteiger partial charge in [0.1, 0.15) is 0 Å². The highest BCUT2D eigenvalue weighted by Crippen LogP contribution is 2.11. The van der Waals surface area contributed by atoms with Crippen LogP contribution in [0.1, 0.15) is 26.7 Å². The van der Waals surface area contributed by atoms with Gasteiger partial charge in [0.2, 0.25) is 0 Å². The van der Waals surface area contributed by atoms with Gasteiger partial charge in [-0.3, -0.25) is 10.3 Å². The first kappa shape index (κ1) is 14.0. The van der Waals surface area contributed by atoms with Crippen LogP contribution in [0.15, 0.2) is 11.6 Å². The molecule has 0 aromatic carbocycles. The van der Waals surface area contributed by atoms with E-state index in [1.807, 2.05) is 0 Å². The highest BCUT2D eigenvalue weighted by Gasteiger charge is 2.21. The lowest BCUT2D eigenvalue weighted by Gasteiger charge is -2.36. The summed E-state index contributed by atoms with van der Waals surface area (Å²) in [5.74, 6) is 0. The molecule has 2 saturated heterocycles. The monoisotopic (exact) mass is 253 g/mol. The van der Waals surface area contributed by atoms with Crippen LogP contribution in [-0.2, 0) is 4.74 Å². The van der Waals surface area contributed by atoms with Gasteiger partial charge in [0.25, 0.3) is 0 Å². The van der Waals surface area contributed by atoms with Crippen molar-refractivity contribution in [2.75, 3.05) is 45.9 Å². The van der Waals surface area contributed by atoms with E-state index >= 15 is 0 Å². The highest BCUT2D eigenvalue weighted by atomic mass is 16.5. The van der Waals surface area contributed by atoms with Gasteiger partial charge in [-0.25, -0.2) is 5.01 Å². The van der Waals surface area contributed by atoms with Crippen molar-refractivity contribution >= 4 is 0 Å². The summed E-state index contributed by atoms with van der Waals surface area (Å²) in [5, 5.41) is 2.33. The summed E-state index contributed by atoms with van der Waals surface area (Å²) in [6.07, 6.45) is 4.84. The van der Waals surface area contributed by atoms with Gasteiger partial charge in [0, 0.05) is 25.7 Å². The van der Waals surface area contributed by atoms with Crippen LogP contribution < -0.4 is 5.43 Å². The summed E-state index contributed by atoms with van der Waals surface area (Å²) < 4.78 is 5.36. The number of morpholine rings is 1. The summed E-state index contributed by atoms with van der Waals surface area (Å²) in [5.41, 5.74) is 5.07. The van der Waals surface area contributed by atoms with Crippen molar-refractivity contribution in [1.29, 1.82) is 0 Å². The second-order valence-electron chi connectivity index (χ2n) is 5.58. The number of rotatable bonds is 4. The summed E-state index contributed by atoms with van der Waals surface area (Å²) in [6.45, 7) is 11.7. The van der Waals surface area contributed by atoms with E-state index in [2.05, 4.69) is 35.3 Å². The third kappa shape index (κ3) is 4.69. The zero-order valence-corrected chi connectivity index (χ0v) is 11.8. The first-order valence-electron chi connectivity index (χ1n) is 7.18. The molecule has 104 valence electrons. The molecule has 2 fully saturated rings. The minimum atomic E-state index is 0.658. The van der Waals surface area contributed by atoms with E-state index in [9.17, 15) is 0 Å². The van der Waals surface area contributed by atoms with Gasteiger partial charge in [-0.1, -0.05) is 11.6 Å². The molecule has 2 aliphatic heterocycles. The van der Waals surface area contributed by atoms with E-state index in [-0.39, 0.29) is 0 Å². The van der Waals surface area contributed by atoms with E-state index in [1.54, 1.807) is 0 Å². The molecule has 0 atom stereocenters. The fourth-order valence-corrected chi connectivity index (χ4v) is 2.51. The van der Waals surface area contributed by atoms with Crippen LogP contribution in [0.5, 0.6) is 0 Å². The second-order valence-corrected chi connectivity index (χ2v) is 5.58. The maximum atomic E-state index is 5.36. The molecule has 0 aromatic rings. The van der Waals surface area contributed by atoms with Crippen LogP contribution >= 0.6 is 0 Å². The molecule has 0 spiro atoms. The molecule has 0 amide bonds. The molecule has 1 N–H and O–H groups in total. The van der Waals surface area contributed by atoms with Crippen LogP contribution in [0.25, 0.3) is 0 Å². The maximum absolute atomic E-state index is 5.36. The van der Waals surface area contributed by atoms with Crippen molar-refractivity contribution in [3.63, 3.8) is 0 Å². The summed E-state index contributed by atoms with van der Waals surface area (Å²) in [7, 11) is 0. The molecular formula is C14H27N3O. The predicted octanol–water partition coefficient (Wildman–Crippen LogP) is 1.25. The second kappa shape index (κ2) is 7.24. The maximum Gasteiger partial charge on any atom is 0.0608 e. The number of nitrogens with one attached hydrogen (secondary N) is 1. The lowest BCUT2D eigenvalue weighted by molar-refractivity contribution is -0.00236. The van der Waals surface area contributed by atoms with Crippen LogP contribution in [0.3, 0.4) is 0 Å². The Hall–Kier alpha value is -0.420. The molecular weight excluding hydrogens is 226 g/mol. The third-order valence-corrected chi connectivity index (χ3v) is 3.72. The topological polar surface area (TPSA) is 27.7 Å². The van der Waals surface area contributed by atoms with Gasteiger partial charge in [-0.2, -0.15) is 0 Å². The number of nitrogens with zero attached hydrogens (tertiary/aromatic N) is 2. The van der Waals surface area contributed by atoms with Gasteiger partial charge < -0.3 is 4.74 Å². The minimum absolute atomic E-state index is 0.658. The fourth-order valence-electron chi connectivity index (χ4n) is 2.51. The SMILES string of the molecule is CC(C)=CCN1CCC(NN2CCOCC2)CC1. The molecule has 0 aliphatic carbocycles. The molecule has 0 unspecified atom stereocenters. The van der Waals surface area contributed by atoms with Crippen LogP contribution in [0, 0.1) is 0 Å². The van der Waals surface area contributed by atoms with Crippen LogP contribution in [0.4, 0.5) is 0 Å². The quantitative estimate of drug-likeness (QED) is 0.763. The van der Waals surface area contributed by atoms with E-state index in [1.165, 1.54) is 31.5 Å². The first-order valence-corrected chi connectivity index (χ1v) is 7.18. The fraction of sp³-hybridized carbons (Fsp3) is 0.857. The molecule has 2 rings (SSSR count). The van der Waals surface area contributed by atoms with Crippen molar-refractivity contribution < 1.29 is 4.74 Å². The predicted molar refractivity (Wildman–Crippen MR) is 74.4 cm³/mol. The molecule has 0 bridgehead atoms. The smallest absolute Gasteiger partial charge is 0.0608 e. The van der Waals surface area contributed by atoms with Crippen molar-refractivity contribution in [2.24, 2.45) is 0 Å². The van der Waals surface area contributed by atoms with Crippen LogP contribution in [0.2, 0.25) is 0 Å². The van der Waals surface area contributed by atoms with E-state index < -0.39 is 0 Å². The number of allylic oxidation sites excluding steroid dienone is 1. The van der Waals surface area contributed by atoms with Gasteiger partial charge in [-0.15, -0.1) is 0 Å². The van der Waals surface area contributed by atoms with E-state index in [0.29, 0.717) is 6.04 Å². The zero-order chi connectivity index (χ0) is 12.8. The minimum Gasteiger partial charge on any atom is -0.379 e. The zero-order valence-electron chi connectivity index (χ0n) is 11.8. The van der Waals surface area contributed by atoms with Crippen molar-refractivity contribution in [3.8, 4) is 0 Å². The van der Waals surface area contributed by atoms with Gasteiger partial charge in [0.15, 0.2) is 0 Å². The Balaban J connectivity index is 1.65. The van der Waals surface area contributed by atoms with Crippen molar-refractivity contribution in [2.45, 2.75) is 32.7 Å². The molecule has 2 heterocycles. The van der Waals surface area contributed by atoms with Crippen molar-refractivity contribution in [3.05, 3.63) is 11.6 Å². The number of likely N-dealkylation sites (tertiary alicyclic amines) is 1. The van der Waals surface area contributed by atoms with Gasteiger partial charge in [-0.05, 0) is 39.8 Å². The summed E-state index contributed by atoms with van der Waals surface area (Å²) in [4.78, 5) is 2.55. The summed E-state index contributed by atoms with van der Waals surface area (Å²) in [6, 6.07) is 0.658. The Kier molecular flexibility index (Phi) is 5.63. The molecule has 4 heteroatoms. The average molecular weight is 253 g/mol. The first-order chi connectivity index (χ1) is 8.74. The van der Waals surface area contributed by atoms with Crippen molar-refractivity contribution in [1.82, 2.24) is 15.3 Å². The largest absolute Gasteiger partial charge is 0.379 e. The normalized spacial score (nSPS) is 24.1. The molecule has 0 aromatic heterocycles. The number of piperidine rings is 1. The molecule has 18 heavy (non-hydrogen) atoms. The Labute approximate surface area is 111 Å². The Morgan fingerprint density at radius 3 is 2.44 bits per heavy atom. The number of ether oxygens (including phenoxy) is 1. The average Bonchev–Trinajstić information content (AvgIpc) is 2.39. The van der Waals surface area contributed by atoms with E-state index in [4.69, 9.17) is 4.74 Å². The van der Waals surface area contributed by atoms with Gasteiger partial charge >= 0.3 is 0 Å². The van der Waals surface area contributed by atoms with Gasteiger partial charge in [0.05, 0.1) is 13.2 Å². The number of hydrogen-bond acceptors (Lipinski definition) is 4.